The SMILES string of the molecule is Nc1nc(N)c(N=Cc2ccc(OCCCCCS)cc2)c(N)n1. The van der Waals surface area contributed by atoms with Crippen molar-refractivity contribution in [2.75, 3.05) is 29.6 Å². The van der Waals surface area contributed by atoms with Crippen LogP contribution in [0.5, 0.6) is 5.75 Å². The molecule has 0 aliphatic heterocycles. The van der Waals surface area contributed by atoms with Crippen LogP contribution in [-0.2, 0) is 0 Å². The Labute approximate surface area is 146 Å². The minimum Gasteiger partial charge on any atom is -0.494 e. The first-order chi connectivity index (χ1) is 11.6. The number of aliphatic imine (C=N–C) groups is 1. The van der Waals surface area contributed by atoms with Crippen molar-refractivity contribution in [1.82, 2.24) is 9.97 Å². The topological polar surface area (TPSA) is 125 Å². The van der Waals surface area contributed by atoms with Gasteiger partial charge in [-0.15, -0.1) is 0 Å². The van der Waals surface area contributed by atoms with Crippen molar-refractivity contribution in [3.8, 4) is 5.75 Å². The van der Waals surface area contributed by atoms with E-state index in [-0.39, 0.29) is 17.6 Å². The van der Waals surface area contributed by atoms with E-state index in [1.165, 1.54) is 0 Å². The zero-order valence-corrected chi connectivity index (χ0v) is 14.2. The Bertz CT molecular complexity index is 666. The number of nitrogen functional groups attached to an aromatic ring is 3. The van der Waals surface area contributed by atoms with Crippen LogP contribution < -0.4 is 21.9 Å². The second-order valence-electron chi connectivity index (χ2n) is 5.16. The summed E-state index contributed by atoms with van der Waals surface area (Å²) in [7, 11) is 0. The first-order valence-corrected chi connectivity index (χ1v) is 8.29. The number of nitrogens with zero attached hydrogens (tertiary/aromatic N) is 3. The number of unbranched alkanes of at least 4 members (excludes halogenated alkanes) is 2. The fraction of sp³-hybridized carbons (Fsp3) is 0.312. The highest BCUT2D eigenvalue weighted by Gasteiger charge is 2.06. The lowest BCUT2D eigenvalue weighted by Crippen LogP contribution is -2.03. The maximum Gasteiger partial charge on any atom is 0.224 e. The number of rotatable bonds is 8. The highest BCUT2D eigenvalue weighted by molar-refractivity contribution is 7.80. The molecule has 7 nitrogen and oxygen atoms in total. The Morgan fingerprint density at radius 2 is 1.67 bits per heavy atom. The predicted molar refractivity (Wildman–Crippen MR) is 102 cm³/mol. The van der Waals surface area contributed by atoms with E-state index in [0.717, 1.165) is 36.3 Å². The molecule has 0 radical (unpaired) electrons. The Morgan fingerprint density at radius 3 is 2.29 bits per heavy atom. The quantitative estimate of drug-likeness (QED) is 0.330. The summed E-state index contributed by atoms with van der Waals surface area (Å²) in [5, 5.41) is 0. The summed E-state index contributed by atoms with van der Waals surface area (Å²) in [6.45, 7) is 0.705. The summed E-state index contributed by atoms with van der Waals surface area (Å²) >= 11 is 4.18. The molecule has 0 bridgehead atoms. The maximum atomic E-state index is 5.75. The molecule has 0 fully saturated rings. The lowest BCUT2D eigenvalue weighted by atomic mass is 10.2. The summed E-state index contributed by atoms with van der Waals surface area (Å²) in [4.78, 5) is 11.9. The van der Waals surface area contributed by atoms with E-state index >= 15 is 0 Å². The van der Waals surface area contributed by atoms with Crippen LogP contribution in [0.3, 0.4) is 0 Å². The zero-order valence-electron chi connectivity index (χ0n) is 13.4. The van der Waals surface area contributed by atoms with Gasteiger partial charge in [0.25, 0.3) is 0 Å². The van der Waals surface area contributed by atoms with Gasteiger partial charge in [-0.25, -0.2) is 4.99 Å². The lowest BCUT2D eigenvalue weighted by Gasteiger charge is -2.06. The van der Waals surface area contributed by atoms with Crippen molar-refractivity contribution in [2.45, 2.75) is 19.3 Å². The molecule has 6 N–H and O–H groups in total. The standard InChI is InChI=1S/C16H22N6OS/c17-14-13(15(18)22-16(19)21-14)20-10-11-4-6-12(7-5-11)23-8-2-1-3-9-24/h4-7,10,24H,1-3,8-9H2,(H6,17,18,19,21,22). The normalized spacial score (nSPS) is 11.0. The molecule has 1 aromatic carbocycles. The van der Waals surface area contributed by atoms with Crippen LogP contribution in [0.1, 0.15) is 24.8 Å². The third-order valence-electron chi connectivity index (χ3n) is 3.25. The van der Waals surface area contributed by atoms with Gasteiger partial charge >= 0.3 is 0 Å². The van der Waals surface area contributed by atoms with Gasteiger partial charge in [-0.3, -0.25) is 0 Å². The number of anilines is 3. The number of thiol groups is 1. The van der Waals surface area contributed by atoms with Crippen LogP contribution in [0.25, 0.3) is 0 Å². The van der Waals surface area contributed by atoms with E-state index in [0.29, 0.717) is 12.3 Å². The number of nitrogens with two attached hydrogens (primary N) is 3. The van der Waals surface area contributed by atoms with Crippen LogP contribution in [-0.4, -0.2) is 28.5 Å². The fourth-order valence-electron chi connectivity index (χ4n) is 2.01. The number of ether oxygens (including phenoxy) is 1. The molecule has 0 aliphatic carbocycles. The average Bonchev–Trinajstić information content (AvgIpc) is 2.55. The zero-order chi connectivity index (χ0) is 17.4. The second kappa shape index (κ2) is 8.97. The minimum absolute atomic E-state index is 0.0276. The van der Waals surface area contributed by atoms with Gasteiger partial charge in [0.1, 0.15) is 11.4 Å². The van der Waals surface area contributed by atoms with Crippen molar-refractivity contribution in [3.05, 3.63) is 29.8 Å². The van der Waals surface area contributed by atoms with E-state index in [1.807, 2.05) is 24.3 Å². The Hall–Kier alpha value is -2.48. The number of benzene rings is 1. The molecular formula is C16H22N6OS. The van der Waals surface area contributed by atoms with Crippen molar-refractivity contribution in [1.29, 1.82) is 0 Å². The van der Waals surface area contributed by atoms with Gasteiger partial charge < -0.3 is 21.9 Å². The van der Waals surface area contributed by atoms with Gasteiger partial charge in [0.05, 0.1) is 6.61 Å². The monoisotopic (exact) mass is 346 g/mol. The van der Waals surface area contributed by atoms with E-state index in [9.17, 15) is 0 Å². The first-order valence-electron chi connectivity index (χ1n) is 7.66. The highest BCUT2D eigenvalue weighted by atomic mass is 32.1. The van der Waals surface area contributed by atoms with E-state index in [2.05, 4.69) is 27.6 Å². The molecule has 2 rings (SSSR count). The molecular weight excluding hydrogens is 324 g/mol. The molecule has 1 aromatic heterocycles. The van der Waals surface area contributed by atoms with Crippen molar-refractivity contribution in [3.63, 3.8) is 0 Å². The first kappa shape index (κ1) is 17.9. The average molecular weight is 346 g/mol. The second-order valence-corrected chi connectivity index (χ2v) is 5.61. The third-order valence-corrected chi connectivity index (χ3v) is 3.57. The van der Waals surface area contributed by atoms with Gasteiger partial charge in [-0.1, -0.05) is 0 Å². The van der Waals surface area contributed by atoms with Crippen LogP contribution in [0.4, 0.5) is 23.3 Å². The molecule has 0 aliphatic rings. The Balaban J connectivity index is 1.94. The van der Waals surface area contributed by atoms with E-state index in [4.69, 9.17) is 21.9 Å². The minimum atomic E-state index is 0.0276. The summed E-state index contributed by atoms with van der Waals surface area (Å²) in [6, 6.07) is 7.59. The lowest BCUT2D eigenvalue weighted by molar-refractivity contribution is 0.306. The summed E-state index contributed by atoms with van der Waals surface area (Å²) in [6.07, 6.45) is 4.90. The Morgan fingerprint density at radius 1 is 1.00 bits per heavy atom. The molecule has 0 atom stereocenters. The summed E-state index contributed by atoms with van der Waals surface area (Å²) in [5.74, 6) is 2.07. The van der Waals surface area contributed by atoms with Gasteiger partial charge in [0.2, 0.25) is 5.95 Å². The number of aromatic nitrogens is 2. The van der Waals surface area contributed by atoms with Gasteiger partial charge in [-0.05, 0) is 54.8 Å². The molecule has 0 unspecified atom stereocenters. The molecule has 0 saturated heterocycles. The molecule has 1 heterocycles. The van der Waals surface area contributed by atoms with Crippen LogP contribution in [0, 0.1) is 0 Å². The highest BCUT2D eigenvalue weighted by Crippen LogP contribution is 2.26. The van der Waals surface area contributed by atoms with Crippen molar-refractivity contribution < 1.29 is 4.74 Å². The fourth-order valence-corrected chi connectivity index (χ4v) is 2.23. The maximum absolute atomic E-state index is 5.75. The third kappa shape index (κ3) is 5.31. The Kier molecular flexibility index (Phi) is 6.68. The summed E-state index contributed by atoms with van der Waals surface area (Å²) < 4.78 is 5.68. The van der Waals surface area contributed by atoms with E-state index in [1.54, 1.807) is 6.21 Å². The van der Waals surface area contributed by atoms with E-state index < -0.39 is 0 Å². The van der Waals surface area contributed by atoms with Crippen LogP contribution in [0.15, 0.2) is 29.3 Å². The van der Waals surface area contributed by atoms with Gasteiger partial charge in [0.15, 0.2) is 11.6 Å². The summed E-state index contributed by atoms with van der Waals surface area (Å²) in [5.41, 5.74) is 18.2. The largest absolute Gasteiger partial charge is 0.494 e. The number of hydrogen-bond donors (Lipinski definition) is 4. The molecule has 2 aromatic rings. The number of hydrogen-bond acceptors (Lipinski definition) is 8. The molecule has 24 heavy (non-hydrogen) atoms. The molecule has 0 spiro atoms. The molecule has 0 saturated carbocycles. The van der Waals surface area contributed by atoms with Crippen LogP contribution >= 0.6 is 12.6 Å². The van der Waals surface area contributed by atoms with Crippen LogP contribution in [0.2, 0.25) is 0 Å². The van der Waals surface area contributed by atoms with Crippen molar-refractivity contribution in [2.24, 2.45) is 4.99 Å². The molecule has 8 heteroatoms. The molecule has 0 amide bonds. The van der Waals surface area contributed by atoms with Gasteiger partial charge in [0, 0.05) is 6.21 Å². The van der Waals surface area contributed by atoms with Gasteiger partial charge in [-0.2, -0.15) is 22.6 Å². The van der Waals surface area contributed by atoms with Crippen molar-refractivity contribution >= 4 is 42.1 Å². The smallest absolute Gasteiger partial charge is 0.224 e. The predicted octanol–water partition coefficient (Wildman–Crippen LogP) is 2.45. The molecule has 128 valence electrons.